The minimum Gasteiger partial charge on any atom is -0.220 e. The number of rotatable bonds is 6. The van der Waals surface area contributed by atoms with Crippen LogP contribution in [0, 0.1) is 11.6 Å². The van der Waals surface area contributed by atoms with Crippen LogP contribution in [0.3, 0.4) is 0 Å². The first-order chi connectivity index (χ1) is 11.0. The summed E-state index contributed by atoms with van der Waals surface area (Å²) in [6.45, 7) is 0. The van der Waals surface area contributed by atoms with E-state index in [1.165, 1.54) is 22.9 Å². The maximum absolute atomic E-state index is 13.4. The molecule has 0 spiro atoms. The summed E-state index contributed by atoms with van der Waals surface area (Å²) in [5.74, 6) is -0.824. The zero-order valence-corrected chi connectivity index (χ0v) is 14.2. The van der Waals surface area contributed by atoms with Gasteiger partial charge in [-0.2, -0.15) is 0 Å². The van der Waals surface area contributed by atoms with Gasteiger partial charge in [-0.25, -0.2) is 17.2 Å². The Morgan fingerprint density at radius 3 is 1.52 bits per heavy atom. The van der Waals surface area contributed by atoms with Crippen LogP contribution in [0.4, 0.5) is 8.78 Å². The van der Waals surface area contributed by atoms with E-state index in [0.29, 0.717) is 9.79 Å². The maximum Gasteiger partial charge on any atom is 0.194 e. The molecule has 0 aliphatic rings. The molecule has 2 aromatic rings. The standard InChI is InChI=1S/C16H12F2O2S3/c17-13-5-1-3-7-15(13)21-9-11-23(19,20)12-10-22-16-8-4-2-6-14(16)18/h1-12H. The van der Waals surface area contributed by atoms with Crippen LogP contribution in [0.1, 0.15) is 0 Å². The van der Waals surface area contributed by atoms with Gasteiger partial charge in [-0.1, -0.05) is 47.8 Å². The van der Waals surface area contributed by atoms with Gasteiger partial charge in [0, 0.05) is 20.6 Å². The van der Waals surface area contributed by atoms with Crippen molar-refractivity contribution in [1.82, 2.24) is 0 Å². The summed E-state index contributed by atoms with van der Waals surface area (Å²) in [5, 5.41) is 4.54. The van der Waals surface area contributed by atoms with Crippen molar-refractivity contribution in [3.63, 3.8) is 0 Å². The zero-order valence-electron chi connectivity index (χ0n) is 11.7. The number of hydrogen-bond donors (Lipinski definition) is 0. The van der Waals surface area contributed by atoms with Crippen LogP contribution in [0.15, 0.2) is 80.0 Å². The van der Waals surface area contributed by atoms with E-state index in [-0.39, 0.29) is 0 Å². The van der Waals surface area contributed by atoms with Crippen molar-refractivity contribution in [2.45, 2.75) is 9.79 Å². The van der Waals surface area contributed by atoms with Crippen LogP contribution in [-0.4, -0.2) is 8.42 Å². The molecule has 23 heavy (non-hydrogen) atoms. The third-order valence-corrected chi connectivity index (χ3v) is 5.64. The van der Waals surface area contributed by atoms with Gasteiger partial charge in [0.05, 0.1) is 0 Å². The molecule has 0 saturated carbocycles. The second-order valence-electron chi connectivity index (χ2n) is 4.23. The predicted octanol–water partition coefficient (Wildman–Crippen LogP) is 5.21. The molecule has 2 rings (SSSR count). The van der Waals surface area contributed by atoms with Gasteiger partial charge in [0.15, 0.2) is 9.84 Å². The van der Waals surface area contributed by atoms with E-state index in [1.807, 2.05) is 0 Å². The lowest BCUT2D eigenvalue weighted by Gasteiger charge is -1.98. The van der Waals surface area contributed by atoms with Gasteiger partial charge in [0.2, 0.25) is 0 Å². The van der Waals surface area contributed by atoms with Gasteiger partial charge >= 0.3 is 0 Å². The van der Waals surface area contributed by atoms with Gasteiger partial charge in [0.1, 0.15) is 11.6 Å². The predicted molar refractivity (Wildman–Crippen MR) is 91.7 cm³/mol. The lowest BCUT2D eigenvalue weighted by molar-refractivity contribution is 0.602. The normalized spacial score (nSPS) is 12.3. The Bertz CT molecular complexity index is 767. The fourth-order valence-electron chi connectivity index (χ4n) is 1.48. The van der Waals surface area contributed by atoms with E-state index in [2.05, 4.69) is 0 Å². The lowest BCUT2D eigenvalue weighted by atomic mass is 10.4. The van der Waals surface area contributed by atoms with Crippen LogP contribution in [0.5, 0.6) is 0 Å². The first kappa shape index (κ1) is 17.8. The van der Waals surface area contributed by atoms with Crippen molar-refractivity contribution in [3.05, 3.63) is 81.8 Å². The van der Waals surface area contributed by atoms with Crippen LogP contribution in [-0.2, 0) is 9.84 Å². The molecule has 0 aliphatic heterocycles. The highest BCUT2D eigenvalue weighted by Crippen LogP contribution is 2.24. The molecule has 0 bridgehead atoms. The molecule has 0 N–H and O–H groups in total. The molecule has 0 heterocycles. The second kappa shape index (κ2) is 8.33. The minimum absolute atomic E-state index is 0.337. The second-order valence-corrected chi connectivity index (χ2v) is 7.85. The third kappa shape index (κ3) is 5.85. The smallest absolute Gasteiger partial charge is 0.194 e. The topological polar surface area (TPSA) is 34.1 Å². The van der Waals surface area contributed by atoms with Crippen LogP contribution in [0.2, 0.25) is 0 Å². The fourth-order valence-corrected chi connectivity index (χ4v) is 4.23. The highest BCUT2D eigenvalue weighted by atomic mass is 32.2. The van der Waals surface area contributed by atoms with E-state index in [9.17, 15) is 17.2 Å². The van der Waals surface area contributed by atoms with Crippen LogP contribution in [0.25, 0.3) is 0 Å². The summed E-state index contributed by atoms with van der Waals surface area (Å²) in [7, 11) is -3.60. The zero-order chi connectivity index (χ0) is 16.7. The fraction of sp³-hybridized carbons (Fsp3) is 0. The highest BCUT2D eigenvalue weighted by Gasteiger charge is 2.03. The van der Waals surface area contributed by atoms with Gasteiger partial charge < -0.3 is 0 Å². The van der Waals surface area contributed by atoms with E-state index in [1.54, 1.807) is 36.4 Å². The summed E-state index contributed by atoms with van der Waals surface area (Å²) in [6.07, 6.45) is 0. The number of halogens is 2. The summed E-state index contributed by atoms with van der Waals surface area (Å²) in [6, 6.07) is 12.2. The largest absolute Gasteiger partial charge is 0.220 e. The third-order valence-electron chi connectivity index (χ3n) is 2.55. The summed E-state index contributed by atoms with van der Waals surface area (Å²) < 4.78 is 50.3. The first-order valence-corrected chi connectivity index (χ1v) is 9.75. The Hall–Kier alpha value is -1.57. The lowest BCUT2D eigenvalue weighted by Crippen LogP contribution is -1.87. The number of hydrogen-bond acceptors (Lipinski definition) is 4. The monoisotopic (exact) mass is 370 g/mol. The van der Waals surface area contributed by atoms with Gasteiger partial charge in [-0.05, 0) is 35.1 Å². The Labute approximate surface area is 142 Å². The molecule has 0 saturated heterocycles. The molecule has 120 valence electrons. The molecule has 0 radical (unpaired) electrons. The number of benzene rings is 2. The van der Waals surface area contributed by atoms with Gasteiger partial charge in [-0.15, -0.1) is 0 Å². The first-order valence-electron chi connectivity index (χ1n) is 6.38. The Morgan fingerprint density at radius 1 is 0.739 bits per heavy atom. The molecule has 0 atom stereocenters. The van der Waals surface area contributed by atoms with Crippen molar-refractivity contribution in [3.8, 4) is 0 Å². The van der Waals surface area contributed by atoms with Crippen LogP contribution >= 0.6 is 23.5 Å². The molecule has 0 amide bonds. The van der Waals surface area contributed by atoms with E-state index in [4.69, 9.17) is 0 Å². The Kier molecular flexibility index (Phi) is 6.44. The van der Waals surface area contributed by atoms with E-state index >= 15 is 0 Å². The van der Waals surface area contributed by atoms with Gasteiger partial charge in [-0.3, -0.25) is 0 Å². The van der Waals surface area contributed by atoms with E-state index in [0.717, 1.165) is 34.3 Å². The number of sulfone groups is 1. The number of thioether (sulfide) groups is 2. The summed E-state index contributed by atoms with van der Waals surface area (Å²) in [5.41, 5.74) is 0. The van der Waals surface area contributed by atoms with Crippen molar-refractivity contribution < 1.29 is 17.2 Å². The van der Waals surface area contributed by atoms with Crippen LogP contribution < -0.4 is 0 Å². The van der Waals surface area contributed by atoms with Crippen molar-refractivity contribution in [2.75, 3.05) is 0 Å². The molecular weight excluding hydrogens is 358 g/mol. The van der Waals surface area contributed by atoms with E-state index < -0.39 is 21.5 Å². The highest BCUT2D eigenvalue weighted by molar-refractivity contribution is 8.05. The average molecular weight is 370 g/mol. The maximum atomic E-state index is 13.4. The Balaban J connectivity index is 1.96. The molecule has 0 aromatic heterocycles. The van der Waals surface area contributed by atoms with Crippen molar-refractivity contribution in [2.24, 2.45) is 0 Å². The molecular formula is C16H12F2O2S3. The molecule has 2 nitrogen and oxygen atoms in total. The molecule has 0 aliphatic carbocycles. The Morgan fingerprint density at radius 2 is 1.13 bits per heavy atom. The summed E-state index contributed by atoms with van der Waals surface area (Å²) >= 11 is 1.94. The van der Waals surface area contributed by atoms with Crippen molar-refractivity contribution >= 4 is 33.4 Å². The quantitative estimate of drug-likeness (QED) is 0.654. The summed E-state index contributed by atoms with van der Waals surface area (Å²) in [4.78, 5) is 0.673. The molecule has 7 heteroatoms. The molecule has 2 aromatic carbocycles. The van der Waals surface area contributed by atoms with Crippen molar-refractivity contribution in [1.29, 1.82) is 0 Å². The minimum atomic E-state index is -3.60. The average Bonchev–Trinajstić information content (AvgIpc) is 2.51. The van der Waals surface area contributed by atoms with Gasteiger partial charge in [0.25, 0.3) is 0 Å². The molecule has 0 fully saturated rings. The molecule has 0 unspecified atom stereocenters. The SMILES string of the molecule is O=S(=O)(C=CSc1ccccc1F)C=CSc1ccccc1F.